The summed E-state index contributed by atoms with van der Waals surface area (Å²) in [5, 5.41) is 0. The molecule has 2 aromatic rings. The van der Waals surface area contributed by atoms with Crippen molar-refractivity contribution in [2.24, 2.45) is 0 Å². The number of pyridine rings is 1. The molecule has 0 fully saturated rings. The number of benzene rings is 1. The number of anilines is 1. The highest BCUT2D eigenvalue weighted by molar-refractivity contribution is 5.35. The molecule has 100 valence electrons. The summed E-state index contributed by atoms with van der Waals surface area (Å²) in [7, 11) is 0. The van der Waals surface area contributed by atoms with Crippen LogP contribution >= 0.6 is 0 Å². The summed E-state index contributed by atoms with van der Waals surface area (Å²) in [5.41, 5.74) is 8.46. The second kappa shape index (κ2) is 5.61. The number of nitrogens with zero attached hydrogens (tertiary/aromatic N) is 1. The van der Waals surface area contributed by atoms with Gasteiger partial charge in [-0.25, -0.2) is 0 Å². The average Bonchev–Trinajstić information content (AvgIpc) is 2.36. The zero-order valence-electron chi connectivity index (χ0n) is 11.2. The molecule has 4 nitrogen and oxygen atoms in total. The van der Waals surface area contributed by atoms with Gasteiger partial charge >= 0.3 is 0 Å². The Labute approximate surface area is 112 Å². The zero-order chi connectivity index (χ0) is 13.8. The van der Waals surface area contributed by atoms with Gasteiger partial charge in [0.1, 0.15) is 12.4 Å². The third-order valence-corrected chi connectivity index (χ3v) is 2.93. The van der Waals surface area contributed by atoms with E-state index in [0.717, 1.165) is 11.3 Å². The first kappa shape index (κ1) is 13.2. The first-order valence-electron chi connectivity index (χ1n) is 6.22. The molecule has 0 unspecified atom stereocenters. The number of aryl methyl sites for hydroxylation is 2. The Bertz CT molecular complexity index is 632. The van der Waals surface area contributed by atoms with E-state index >= 15 is 0 Å². The maximum Gasteiger partial charge on any atom is 0.250 e. The predicted molar refractivity (Wildman–Crippen MR) is 76.5 cm³/mol. The minimum absolute atomic E-state index is 0.0709. The summed E-state index contributed by atoms with van der Waals surface area (Å²) >= 11 is 0. The highest BCUT2D eigenvalue weighted by atomic mass is 16.5. The van der Waals surface area contributed by atoms with Gasteiger partial charge in [-0.05, 0) is 31.5 Å². The van der Waals surface area contributed by atoms with Crippen molar-refractivity contribution in [1.82, 2.24) is 4.57 Å². The monoisotopic (exact) mass is 258 g/mol. The van der Waals surface area contributed by atoms with Gasteiger partial charge in [-0.1, -0.05) is 17.7 Å². The minimum atomic E-state index is -0.0709. The highest BCUT2D eigenvalue weighted by Crippen LogP contribution is 2.18. The van der Waals surface area contributed by atoms with Gasteiger partial charge in [-0.15, -0.1) is 0 Å². The summed E-state index contributed by atoms with van der Waals surface area (Å²) in [6.07, 6.45) is 1.63. The van der Waals surface area contributed by atoms with E-state index in [1.165, 1.54) is 11.6 Å². The van der Waals surface area contributed by atoms with Crippen molar-refractivity contribution in [2.75, 3.05) is 12.3 Å². The number of hydrogen-bond acceptors (Lipinski definition) is 3. The number of nitrogen functional groups attached to an aromatic ring is 1. The smallest absolute Gasteiger partial charge is 0.250 e. The second-order valence-electron chi connectivity index (χ2n) is 4.61. The first-order chi connectivity index (χ1) is 9.06. The van der Waals surface area contributed by atoms with E-state index < -0.39 is 0 Å². The van der Waals surface area contributed by atoms with Crippen LogP contribution in [-0.4, -0.2) is 11.2 Å². The number of hydrogen-bond donors (Lipinski definition) is 1. The summed E-state index contributed by atoms with van der Waals surface area (Å²) in [5.74, 6) is 0.850. The lowest BCUT2D eigenvalue weighted by Crippen LogP contribution is -2.22. The Kier molecular flexibility index (Phi) is 3.90. The third kappa shape index (κ3) is 3.37. The number of aromatic nitrogens is 1. The van der Waals surface area contributed by atoms with Crippen molar-refractivity contribution in [3.05, 3.63) is 58.0 Å². The quantitative estimate of drug-likeness (QED) is 0.914. The van der Waals surface area contributed by atoms with E-state index in [1.807, 2.05) is 26.0 Å². The van der Waals surface area contributed by atoms with Crippen molar-refractivity contribution in [3.63, 3.8) is 0 Å². The Balaban J connectivity index is 2.00. The van der Waals surface area contributed by atoms with E-state index in [0.29, 0.717) is 18.8 Å². The topological polar surface area (TPSA) is 57.2 Å². The lowest BCUT2D eigenvalue weighted by atomic mass is 10.1. The summed E-state index contributed by atoms with van der Waals surface area (Å²) in [4.78, 5) is 11.6. The molecule has 19 heavy (non-hydrogen) atoms. The van der Waals surface area contributed by atoms with Gasteiger partial charge in [0.2, 0.25) is 0 Å². The predicted octanol–water partition coefficient (Wildman–Crippen LogP) is 2.13. The van der Waals surface area contributed by atoms with E-state index in [1.54, 1.807) is 16.8 Å². The van der Waals surface area contributed by atoms with Crippen molar-refractivity contribution < 1.29 is 4.74 Å². The second-order valence-corrected chi connectivity index (χ2v) is 4.61. The van der Waals surface area contributed by atoms with Crippen LogP contribution in [-0.2, 0) is 6.54 Å². The Morgan fingerprint density at radius 3 is 2.74 bits per heavy atom. The van der Waals surface area contributed by atoms with E-state index in [4.69, 9.17) is 10.5 Å². The summed E-state index contributed by atoms with van der Waals surface area (Å²) < 4.78 is 7.24. The van der Waals surface area contributed by atoms with Crippen LogP contribution in [0, 0.1) is 13.8 Å². The van der Waals surface area contributed by atoms with Crippen molar-refractivity contribution in [1.29, 1.82) is 0 Å². The molecular weight excluding hydrogens is 240 g/mol. The van der Waals surface area contributed by atoms with Gasteiger partial charge in [-0.3, -0.25) is 4.79 Å². The molecule has 1 aromatic carbocycles. The fraction of sp³-hybridized carbons (Fsp3) is 0.267. The van der Waals surface area contributed by atoms with Crippen LogP contribution in [0.15, 0.2) is 41.3 Å². The average molecular weight is 258 g/mol. The number of nitrogens with two attached hydrogens (primary N) is 1. The fourth-order valence-corrected chi connectivity index (χ4v) is 1.94. The maximum absolute atomic E-state index is 11.6. The molecule has 0 aliphatic carbocycles. The molecule has 0 aliphatic heterocycles. The molecule has 0 amide bonds. The number of ether oxygens (including phenoxy) is 1. The largest absolute Gasteiger partial charge is 0.491 e. The molecule has 2 N–H and O–H groups in total. The maximum atomic E-state index is 11.6. The molecule has 0 aliphatic rings. The van der Waals surface area contributed by atoms with Crippen LogP contribution in [0.3, 0.4) is 0 Å². The van der Waals surface area contributed by atoms with Crippen LogP contribution in [0.1, 0.15) is 11.1 Å². The minimum Gasteiger partial charge on any atom is -0.491 e. The summed E-state index contributed by atoms with van der Waals surface area (Å²) in [6, 6.07) is 9.10. The van der Waals surface area contributed by atoms with Gasteiger partial charge < -0.3 is 15.0 Å². The molecule has 2 rings (SSSR count). The molecule has 0 saturated carbocycles. The van der Waals surface area contributed by atoms with Crippen LogP contribution in [0.4, 0.5) is 5.69 Å². The van der Waals surface area contributed by atoms with Crippen molar-refractivity contribution in [3.8, 4) is 5.75 Å². The van der Waals surface area contributed by atoms with Crippen LogP contribution in [0.25, 0.3) is 0 Å². The normalized spacial score (nSPS) is 10.4. The van der Waals surface area contributed by atoms with Gasteiger partial charge in [0.05, 0.1) is 6.54 Å². The highest BCUT2D eigenvalue weighted by Gasteiger charge is 2.01. The van der Waals surface area contributed by atoms with Crippen molar-refractivity contribution >= 4 is 5.69 Å². The van der Waals surface area contributed by atoms with E-state index in [-0.39, 0.29) is 5.56 Å². The van der Waals surface area contributed by atoms with E-state index in [9.17, 15) is 4.79 Å². The summed E-state index contributed by atoms with van der Waals surface area (Å²) in [6.45, 7) is 4.97. The zero-order valence-corrected chi connectivity index (χ0v) is 11.2. The van der Waals surface area contributed by atoms with Gasteiger partial charge in [0, 0.05) is 18.0 Å². The van der Waals surface area contributed by atoms with Crippen LogP contribution < -0.4 is 16.0 Å². The van der Waals surface area contributed by atoms with Crippen molar-refractivity contribution in [2.45, 2.75) is 20.4 Å². The molecular formula is C15H18N2O2. The first-order valence-corrected chi connectivity index (χ1v) is 6.22. The molecule has 0 radical (unpaired) electrons. The SMILES string of the molecule is Cc1ccc(OCCn2cc(N)ccc2=O)c(C)c1. The Morgan fingerprint density at radius 2 is 2.00 bits per heavy atom. The van der Waals surface area contributed by atoms with E-state index in [2.05, 4.69) is 6.07 Å². The van der Waals surface area contributed by atoms with Gasteiger partial charge in [0.15, 0.2) is 0 Å². The molecule has 0 bridgehead atoms. The molecule has 0 atom stereocenters. The Hall–Kier alpha value is -2.23. The van der Waals surface area contributed by atoms with Gasteiger partial charge in [0.25, 0.3) is 5.56 Å². The fourth-order valence-electron chi connectivity index (χ4n) is 1.94. The molecule has 0 spiro atoms. The third-order valence-electron chi connectivity index (χ3n) is 2.93. The molecule has 1 aromatic heterocycles. The lowest BCUT2D eigenvalue weighted by molar-refractivity contribution is 0.294. The van der Waals surface area contributed by atoms with Crippen LogP contribution in [0.5, 0.6) is 5.75 Å². The molecule has 4 heteroatoms. The molecule has 1 heterocycles. The van der Waals surface area contributed by atoms with Gasteiger partial charge in [-0.2, -0.15) is 0 Å². The lowest BCUT2D eigenvalue weighted by Gasteiger charge is -2.11. The Morgan fingerprint density at radius 1 is 1.21 bits per heavy atom. The molecule has 0 saturated heterocycles. The van der Waals surface area contributed by atoms with Crippen LogP contribution in [0.2, 0.25) is 0 Å². The standard InChI is InChI=1S/C15H18N2O2/c1-11-3-5-14(12(2)9-11)19-8-7-17-10-13(16)4-6-15(17)18/h3-6,9-10H,7-8,16H2,1-2H3. The number of rotatable bonds is 4.